The lowest BCUT2D eigenvalue weighted by atomic mass is 9.98. The lowest BCUT2D eigenvalue weighted by Gasteiger charge is -2.14. The summed E-state index contributed by atoms with van der Waals surface area (Å²) in [7, 11) is 3.14. The maximum absolute atomic E-state index is 9.60. The van der Waals surface area contributed by atoms with Crippen LogP contribution in [0.2, 0.25) is 0 Å². The van der Waals surface area contributed by atoms with Gasteiger partial charge in [0.15, 0.2) is 5.13 Å². The van der Waals surface area contributed by atoms with Crippen LogP contribution >= 0.6 is 11.3 Å². The second kappa shape index (κ2) is 6.90. The Morgan fingerprint density at radius 3 is 2.42 bits per heavy atom. The first kappa shape index (κ1) is 17.5. The number of benzene rings is 1. The van der Waals surface area contributed by atoms with Crippen LogP contribution in [-0.2, 0) is 0 Å². The van der Waals surface area contributed by atoms with Crippen LogP contribution < -0.4 is 20.9 Å². The standard InChI is InChI=1S/C18H17N5O2S/c1-9-16(26-18(21)22-9)14-7-11(13(8-19)17(20)23-14)12-6-10(24-2)4-5-15(12)25-3/h4-7H,1-3H3,(H2,20,23)(H2,21,22). The first-order valence-electron chi connectivity index (χ1n) is 7.64. The second-order valence-electron chi connectivity index (χ2n) is 5.46. The van der Waals surface area contributed by atoms with Crippen molar-refractivity contribution in [3.63, 3.8) is 0 Å². The van der Waals surface area contributed by atoms with Gasteiger partial charge in [0.25, 0.3) is 0 Å². The topological polar surface area (TPSA) is 120 Å². The predicted octanol–water partition coefficient (Wildman–Crippen LogP) is 3.23. The molecular weight excluding hydrogens is 350 g/mol. The third-order valence-corrected chi connectivity index (χ3v) is 4.91. The van der Waals surface area contributed by atoms with Gasteiger partial charge in [0.1, 0.15) is 28.9 Å². The summed E-state index contributed by atoms with van der Waals surface area (Å²) in [6.45, 7) is 1.85. The fourth-order valence-electron chi connectivity index (χ4n) is 2.69. The van der Waals surface area contributed by atoms with E-state index in [1.165, 1.54) is 11.3 Å². The van der Waals surface area contributed by atoms with Gasteiger partial charge in [-0.1, -0.05) is 11.3 Å². The minimum Gasteiger partial charge on any atom is -0.497 e. The Labute approximate surface area is 154 Å². The average molecular weight is 367 g/mol. The summed E-state index contributed by atoms with van der Waals surface area (Å²) in [6, 6.07) is 9.29. The van der Waals surface area contributed by atoms with Crippen LogP contribution in [0.25, 0.3) is 21.7 Å². The highest BCUT2D eigenvalue weighted by atomic mass is 32.1. The first-order valence-corrected chi connectivity index (χ1v) is 8.46. The maximum atomic E-state index is 9.60. The predicted molar refractivity (Wildman–Crippen MR) is 102 cm³/mol. The lowest BCUT2D eigenvalue weighted by molar-refractivity contribution is 0.404. The number of rotatable bonds is 4. The molecule has 0 aliphatic rings. The molecule has 26 heavy (non-hydrogen) atoms. The van der Waals surface area contributed by atoms with E-state index in [4.69, 9.17) is 20.9 Å². The van der Waals surface area contributed by atoms with Gasteiger partial charge in [-0.3, -0.25) is 0 Å². The number of hydrogen-bond acceptors (Lipinski definition) is 8. The zero-order chi connectivity index (χ0) is 18.8. The summed E-state index contributed by atoms with van der Waals surface area (Å²) in [6.07, 6.45) is 0. The Hall–Kier alpha value is -3.31. The first-order chi connectivity index (χ1) is 12.5. The van der Waals surface area contributed by atoms with Crippen molar-refractivity contribution in [2.24, 2.45) is 0 Å². The highest BCUT2D eigenvalue weighted by molar-refractivity contribution is 7.18. The number of pyridine rings is 1. The number of hydrogen-bond donors (Lipinski definition) is 2. The SMILES string of the molecule is COc1ccc(OC)c(-c2cc(-c3sc(N)nc3C)nc(N)c2C#N)c1. The van der Waals surface area contributed by atoms with Gasteiger partial charge in [-0.05, 0) is 31.2 Å². The van der Waals surface area contributed by atoms with E-state index in [0.717, 1.165) is 10.6 Å². The molecule has 2 heterocycles. The van der Waals surface area contributed by atoms with Gasteiger partial charge in [0, 0.05) is 11.1 Å². The van der Waals surface area contributed by atoms with Gasteiger partial charge in [-0.2, -0.15) is 5.26 Å². The number of methoxy groups -OCH3 is 2. The molecule has 0 aliphatic carbocycles. The van der Waals surface area contributed by atoms with Crippen molar-refractivity contribution in [3.8, 4) is 39.3 Å². The Morgan fingerprint density at radius 2 is 1.85 bits per heavy atom. The molecule has 8 heteroatoms. The molecule has 0 saturated carbocycles. The van der Waals surface area contributed by atoms with E-state index < -0.39 is 0 Å². The van der Waals surface area contributed by atoms with Crippen LogP contribution in [0.1, 0.15) is 11.3 Å². The van der Waals surface area contributed by atoms with Gasteiger partial charge in [0.2, 0.25) is 0 Å². The van der Waals surface area contributed by atoms with Crippen LogP contribution in [0, 0.1) is 18.3 Å². The fraction of sp³-hybridized carbons (Fsp3) is 0.167. The number of nitrogen functional groups attached to an aromatic ring is 2. The molecule has 0 unspecified atom stereocenters. The monoisotopic (exact) mass is 367 g/mol. The van der Waals surface area contributed by atoms with Crippen LogP contribution in [0.3, 0.4) is 0 Å². The molecule has 132 valence electrons. The molecule has 0 saturated heterocycles. The molecule has 0 radical (unpaired) electrons. The molecule has 4 N–H and O–H groups in total. The quantitative estimate of drug-likeness (QED) is 0.726. The van der Waals surface area contributed by atoms with E-state index in [1.54, 1.807) is 38.5 Å². The number of nitriles is 1. The number of anilines is 2. The molecule has 7 nitrogen and oxygen atoms in total. The molecule has 0 amide bonds. The third-order valence-electron chi connectivity index (χ3n) is 3.90. The van der Waals surface area contributed by atoms with Crippen molar-refractivity contribution in [1.29, 1.82) is 5.26 Å². The normalized spacial score (nSPS) is 10.4. The molecular formula is C18H17N5O2S. The van der Waals surface area contributed by atoms with E-state index in [2.05, 4.69) is 16.0 Å². The molecule has 2 aromatic heterocycles. The summed E-state index contributed by atoms with van der Waals surface area (Å²) >= 11 is 1.32. The molecule has 0 fully saturated rings. The molecule has 0 aliphatic heterocycles. The van der Waals surface area contributed by atoms with Crippen LogP contribution in [0.15, 0.2) is 24.3 Å². The number of nitrogens with two attached hydrogens (primary N) is 2. The Bertz CT molecular complexity index is 1020. The van der Waals surface area contributed by atoms with E-state index in [-0.39, 0.29) is 11.4 Å². The van der Waals surface area contributed by atoms with Crippen molar-refractivity contribution in [2.45, 2.75) is 6.92 Å². The maximum Gasteiger partial charge on any atom is 0.180 e. The molecule has 0 spiro atoms. The molecule has 1 aromatic carbocycles. The Morgan fingerprint density at radius 1 is 1.08 bits per heavy atom. The molecule has 0 bridgehead atoms. The van der Waals surface area contributed by atoms with Gasteiger partial charge in [-0.15, -0.1) is 0 Å². The molecule has 3 aromatic rings. The van der Waals surface area contributed by atoms with E-state index in [1.807, 2.05) is 6.92 Å². The molecule has 0 atom stereocenters. The number of thiazole rings is 1. The van der Waals surface area contributed by atoms with Crippen LogP contribution in [0.5, 0.6) is 11.5 Å². The summed E-state index contributed by atoms with van der Waals surface area (Å²) < 4.78 is 10.8. The van der Waals surface area contributed by atoms with Crippen molar-refractivity contribution >= 4 is 22.3 Å². The highest BCUT2D eigenvalue weighted by Crippen LogP contribution is 2.40. The van der Waals surface area contributed by atoms with Gasteiger partial charge >= 0.3 is 0 Å². The van der Waals surface area contributed by atoms with E-state index in [9.17, 15) is 5.26 Å². The number of nitrogens with zero attached hydrogens (tertiary/aromatic N) is 3. The largest absolute Gasteiger partial charge is 0.497 e. The molecule has 3 rings (SSSR count). The number of aromatic nitrogens is 2. The van der Waals surface area contributed by atoms with Gasteiger partial charge in [-0.25, -0.2) is 9.97 Å². The van der Waals surface area contributed by atoms with Crippen molar-refractivity contribution < 1.29 is 9.47 Å². The Balaban J connectivity index is 2.31. The zero-order valence-electron chi connectivity index (χ0n) is 14.5. The summed E-state index contributed by atoms with van der Waals surface area (Å²) in [5.74, 6) is 1.37. The van der Waals surface area contributed by atoms with Crippen molar-refractivity contribution in [2.75, 3.05) is 25.7 Å². The number of ether oxygens (including phenoxy) is 2. The minimum absolute atomic E-state index is 0.135. The second-order valence-corrected chi connectivity index (χ2v) is 6.49. The van der Waals surface area contributed by atoms with Crippen molar-refractivity contribution in [1.82, 2.24) is 9.97 Å². The average Bonchev–Trinajstić information content (AvgIpc) is 2.98. The van der Waals surface area contributed by atoms with E-state index >= 15 is 0 Å². The van der Waals surface area contributed by atoms with Gasteiger partial charge in [0.05, 0.1) is 30.5 Å². The highest BCUT2D eigenvalue weighted by Gasteiger charge is 2.19. The fourth-order valence-corrected chi connectivity index (χ4v) is 3.48. The minimum atomic E-state index is 0.135. The van der Waals surface area contributed by atoms with Crippen LogP contribution in [0.4, 0.5) is 10.9 Å². The van der Waals surface area contributed by atoms with Gasteiger partial charge < -0.3 is 20.9 Å². The summed E-state index contributed by atoms with van der Waals surface area (Å²) in [4.78, 5) is 9.41. The zero-order valence-corrected chi connectivity index (χ0v) is 15.3. The lowest BCUT2D eigenvalue weighted by Crippen LogP contribution is -2.01. The number of aryl methyl sites for hydroxylation is 1. The van der Waals surface area contributed by atoms with Crippen molar-refractivity contribution in [3.05, 3.63) is 35.5 Å². The summed E-state index contributed by atoms with van der Waals surface area (Å²) in [5.41, 5.74) is 14.8. The third kappa shape index (κ3) is 3.00. The smallest absolute Gasteiger partial charge is 0.180 e. The Kier molecular flexibility index (Phi) is 4.65. The summed E-state index contributed by atoms with van der Waals surface area (Å²) in [5, 5.41) is 10.0. The van der Waals surface area contributed by atoms with E-state index in [0.29, 0.717) is 33.5 Å². The van der Waals surface area contributed by atoms with Crippen LogP contribution in [-0.4, -0.2) is 24.2 Å².